The fourth-order valence-corrected chi connectivity index (χ4v) is 3.15. The van der Waals surface area contributed by atoms with Crippen LogP contribution in [0.2, 0.25) is 0 Å². The molecule has 0 unspecified atom stereocenters. The summed E-state index contributed by atoms with van der Waals surface area (Å²) in [4.78, 5) is 22.5. The second-order valence-corrected chi connectivity index (χ2v) is 6.83. The van der Waals surface area contributed by atoms with Gasteiger partial charge in [0.25, 0.3) is 0 Å². The Hall–Kier alpha value is -3.40. The summed E-state index contributed by atoms with van der Waals surface area (Å²) in [5.74, 6) is -0.409. The molecular formula is C25H26O4. The number of carboxylic acids is 1. The average molecular weight is 390 g/mol. The van der Waals surface area contributed by atoms with Crippen molar-refractivity contribution in [2.75, 3.05) is 0 Å². The van der Waals surface area contributed by atoms with Gasteiger partial charge in [0.1, 0.15) is 18.1 Å². The van der Waals surface area contributed by atoms with Gasteiger partial charge in [-0.1, -0.05) is 55.6 Å². The van der Waals surface area contributed by atoms with E-state index in [1.165, 1.54) is 12.2 Å². The fourth-order valence-electron chi connectivity index (χ4n) is 3.15. The molecule has 0 aliphatic rings. The van der Waals surface area contributed by atoms with Crippen molar-refractivity contribution in [1.29, 1.82) is 0 Å². The van der Waals surface area contributed by atoms with Crippen molar-refractivity contribution in [3.63, 3.8) is 0 Å². The van der Waals surface area contributed by atoms with Crippen molar-refractivity contribution in [3.8, 4) is 11.1 Å². The molecule has 0 radical (unpaired) electrons. The Morgan fingerprint density at radius 1 is 1.10 bits per heavy atom. The maximum Gasteiger partial charge on any atom is 0.307 e. The summed E-state index contributed by atoms with van der Waals surface area (Å²) in [5, 5.41) is 9.02. The second-order valence-electron chi connectivity index (χ2n) is 6.83. The highest BCUT2D eigenvalue weighted by molar-refractivity contribution is 5.80. The van der Waals surface area contributed by atoms with Gasteiger partial charge in [-0.15, -0.1) is 0 Å². The maximum absolute atomic E-state index is 11.5. The molecule has 4 heteroatoms. The Labute approximate surface area is 171 Å². The van der Waals surface area contributed by atoms with Gasteiger partial charge in [0.05, 0.1) is 6.42 Å². The first kappa shape index (κ1) is 21.9. The first-order valence-corrected chi connectivity index (χ1v) is 9.35. The van der Waals surface area contributed by atoms with Crippen LogP contribution in [0.1, 0.15) is 30.0 Å². The van der Waals surface area contributed by atoms with Crippen molar-refractivity contribution in [2.45, 2.75) is 33.3 Å². The van der Waals surface area contributed by atoms with Gasteiger partial charge < -0.3 is 9.84 Å². The van der Waals surface area contributed by atoms with E-state index in [0.29, 0.717) is 17.8 Å². The lowest BCUT2D eigenvalue weighted by atomic mass is 9.93. The molecule has 0 amide bonds. The largest absolute Gasteiger partial charge is 0.489 e. The number of hydrogen-bond acceptors (Lipinski definition) is 3. The van der Waals surface area contributed by atoms with Crippen molar-refractivity contribution < 1.29 is 19.4 Å². The number of benzene rings is 2. The third-order valence-corrected chi connectivity index (χ3v) is 4.61. The van der Waals surface area contributed by atoms with E-state index >= 15 is 0 Å². The first-order chi connectivity index (χ1) is 13.8. The number of ketones is 1. The number of carbonyl (C=O) groups is 2. The summed E-state index contributed by atoms with van der Waals surface area (Å²) in [5.41, 5.74) is 5.64. The van der Waals surface area contributed by atoms with E-state index in [0.717, 1.165) is 27.8 Å². The monoisotopic (exact) mass is 390 g/mol. The number of allylic oxidation sites excluding steroid dienone is 2. The number of ether oxygens (including phenoxy) is 1. The third-order valence-electron chi connectivity index (χ3n) is 4.61. The van der Waals surface area contributed by atoms with Crippen LogP contribution in [0.25, 0.3) is 11.1 Å². The van der Waals surface area contributed by atoms with Crippen LogP contribution in [-0.4, -0.2) is 16.9 Å². The van der Waals surface area contributed by atoms with Gasteiger partial charge in [-0.2, -0.15) is 0 Å². The summed E-state index contributed by atoms with van der Waals surface area (Å²) in [6, 6.07) is 13.9. The van der Waals surface area contributed by atoms with E-state index in [-0.39, 0.29) is 18.8 Å². The van der Waals surface area contributed by atoms with Crippen LogP contribution in [-0.2, 0) is 27.4 Å². The molecule has 0 bridgehead atoms. The van der Waals surface area contributed by atoms with Gasteiger partial charge >= 0.3 is 5.97 Å². The molecule has 0 aromatic heterocycles. The topological polar surface area (TPSA) is 63.6 Å². The molecule has 0 saturated carbocycles. The summed E-state index contributed by atoms with van der Waals surface area (Å²) in [6.07, 6.45) is 3.22. The minimum absolute atomic E-state index is 0.135. The molecule has 2 rings (SSSR count). The lowest BCUT2D eigenvalue weighted by Crippen LogP contribution is -2.01. The molecular weight excluding hydrogens is 364 g/mol. The van der Waals surface area contributed by atoms with Crippen molar-refractivity contribution in [3.05, 3.63) is 95.8 Å². The summed E-state index contributed by atoms with van der Waals surface area (Å²) >= 11 is 0. The predicted octanol–water partition coefficient (Wildman–Crippen LogP) is 5.41. The molecule has 0 atom stereocenters. The molecule has 29 heavy (non-hydrogen) atoms. The van der Waals surface area contributed by atoms with E-state index < -0.39 is 5.97 Å². The zero-order chi connectivity index (χ0) is 21.4. The molecule has 4 nitrogen and oxygen atoms in total. The number of carbonyl (C=O) groups excluding carboxylic acids is 1. The fraction of sp³-hybridized carbons (Fsp3) is 0.200. The predicted molar refractivity (Wildman–Crippen MR) is 115 cm³/mol. The van der Waals surface area contributed by atoms with Crippen molar-refractivity contribution >= 4 is 11.8 Å². The molecule has 0 heterocycles. The van der Waals surface area contributed by atoms with Crippen LogP contribution < -0.4 is 0 Å². The Morgan fingerprint density at radius 3 is 2.45 bits per heavy atom. The minimum Gasteiger partial charge on any atom is -0.489 e. The van der Waals surface area contributed by atoms with Gasteiger partial charge in [-0.3, -0.25) is 9.59 Å². The standard InChI is InChI=1S/C25H26O4/c1-5-20(15-25(27)28)24(6-2)29-16-19-9-7-11-22(14-19)23-12-8-10-21(18(23)4)13-17(3)26/h5-12,14H,1-2,13,15-16H2,3-4H3,(H,27,28)/b24-20-. The average Bonchev–Trinajstić information content (AvgIpc) is 2.68. The number of Topliss-reactive ketones (excluding diaryl/α,β-unsaturated/α-hetero) is 1. The highest BCUT2D eigenvalue weighted by Gasteiger charge is 2.10. The Kier molecular flexibility index (Phi) is 7.72. The molecule has 0 aliphatic heterocycles. The van der Waals surface area contributed by atoms with Crippen LogP contribution in [0.3, 0.4) is 0 Å². The van der Waals surface area contributed by atoms with Gasteiger partial charge in [-0.25, -0.2) is 0 Å². The molecule has 2 aromatic rings. The maximum atomic E-state index is 11.5. The van der Waals surface area contributed by atoms with Crippen LogP contribution in [0.5, 0.6) is 0 Å². The van der Waals surface area contributed by atoms with E-state index in [1.807, 2.05) is 49.4 Å². The van der Waals surface area contributed by atoms with Crippen LogP contribution in [0, 0.1) is 6.92 Å². The van der Waals surface area contributed by atoms with Crippen molar-refractivity contribution in [2.24, 2.45) is 0 Å². The first-order valence-electron chi connectivity index (χ1n) is 9.35. The van der Waals surface area contributed by atoms with Crippen LogP contribution in [0.15, 0.2) is 79.1 Å². The summed E-state index contributed by atoms with van der Waals surface area (Å²) < 4.78 is 5.81. The Bertz CT molecular complexity index is 967. The number of carboxylic acid groups (broad SMARTS) is 1. The number of rotatable bonds is 10. The lowest BCUT2D eigenvalue weighted by molar-refractivity contribution is -0.136. The quantitative estimate of drug-likeness (QED) is 0.435. The Balaban J connectivity index is 2.27. The van der Waals surface area contributed by atoms with Crippen molar-refractivity contribution in [1.82, 2.24) is 0 Å². The lowest BCUT2D eigenvalue weighted by Gasteiger charge is -2.13. The molecule has 0 fully saturated rings. The zero-order valence-electron chi connectivity index (χ0n) is 16.9. The number of hydrogen-bond donors (Lipinski definition) is 1. The normalized spacial score (nSPS) is 11.4. The Morgan fingerprint density at radius 2 is 1.83 bits per heavy atom. The van der Waals surface area contributed by atoms with Gasteiger partial charge in [0, 0.05) is 12.0 Å². The highest BCUT2D eigenvalue weighted by atomic mass is 16.5. The zero-order valence-corrected chi connectivity index (χ0v) is 16.9. The van der Waals surface area contributed by atoms with E-state index in [9.17, 15) is 9.59 Å². The second kappa shape index (κ2) is 10.2. The van der Waals surface area contributed by atoms with E-state index in [1.54, 1.807) is 6.92 Å². The minimum atomic E-state index is -0.953. The molecule has 0 spiro atoms. The molecule has 150 valence electrons. The van der Waals surface area contributed by atoms with Gasteiger partial charge in [0.2, 0.25) is 0 Å². The molecule has 0 aliphatic carbocycles. The smallest absolute Gasteiger partial charge is 0.307 e. The molecule has 1 N–H and O–H groups in total. The van der Waals surface area contributed by atoms with E-state index in [4.69, 9.17) is 9.84 Å². The van der Waals surface area contributed by atoms with Crippen LogP contribution >= 0.6 is 0 Å². The summed E-state index contributed by atoms with van der Waals surface area (Å²) in [7, 11) is 0. The van der Waals surface area contributed by atoms with E-state index in [2.05, 4.69) is 13.2 Å². The third kappa shape index (κ3) is 6.04. The number of aliphatic carboxylic acids is 1. The molecule has 2 aromatic carbocycles. The highest BCUT2D eigenvalue weighted by Crippen LogP contribution is 2.27. The SMILES string of the molecule is C=C/C(CC(=O)O)=C(\C=C)OCc1cccc(-c2cccc(CC(C)=O)c2C)c1. The van der Waals surface area contributed by atoms with Gasteiger partial charge in [0.15, 0.2) is 0 Å². The molecule has 0 saturated heterocycles. The van der Waals surface area contributed by atoms with Gasteiger partial charge in [-0.05, 0) is 53.8 Å². The summed E-state index contributed by atoms with van der Waals surface area (Å²) in [6.45, 7) is 11.3. The van der Waals surface area contributed by atoms with Crippen LogP contribution in [0.4, 0.5) is 0 Å².